The van der Waals surface area contributed by atoms with Crippen molar-refractivity contribution in [2.75, 3.05) is 10.6 Å². The number of anilines is 4. The Labute approximate surface area is 173 Å². The van der Waals surface area contributed by atoms with Gasteiger partial charge in [-0.15, -0.1) is 0 Å². The van der Waals surface area contributed by atoms with Gasteiger partial charge in [0.2, 0.25) is 0 Å². The monoisotopic (exact) mass is 405 g/mol. The Morgan fingerprint density at radius 1 is 0.867 bits per heavy atom. The van der Waals surface area contributed by atoms with Gasteiger partial charge in [-0.25, -0.2) is 0 Å². The van der Waals surface area contributed by atoms with Gasteiger partial charge in [-0.05, 0) is 43.2 Å². The molecule has 0 bridgehead atoms. The van der Waals surface area contributed by atoms with E-state index in [1.54, 1.807) is 18.2 Å². The van der Waals surface area contributed by atoms with Gasteiger partial charge >= 0.3 is 0 Å². The van der Waals surface area contributed by atoms with Crippen LogP contribution in [0.3, 0.4) is 0 Å². The second-order valence-corrected chi connectivity index (χ2v) is 7.56. The third-order valence-corrected chi connectivity index (χ3v) is 5.41. The molecule has 7 nitrogen and oxygen atoms in total. The van der Waals surface area contributed by atoms with Gasteiger partial charge in [0, 0.05) is 17.3 Å². The molecule has 0 unspecified atom stereocenters. The molecule has 154 valence electrons. The molecule has 4 N–H and O–H groups in total. The van der Waals surface area contributed by atoms with Crippen molar-refractivity contribution < 1.29 is 9.90 Å². The van der Waals surface area contributed by atoms with Crippen LogP contribution in [-0.4, -0.2) is 17.1 Å². The van der Waals surface area contributed by atoms with Gasteiger partial charge in [0.25, 0.3) is 16.8 Å². The third-order valence-electron chi connectivity index (χ3n) is 5.41. The van der Waals surface area contributed by atoms with Crippen LogP contribution >= 0.6 is 0 Å². The van der Waals surface area contributed by atoms with Crippen molar-refractivity contribution in [3.63, 3.8) is 0 Å². The van der Waals surface area contributed by atoms with E-state index in [4.69, 9.17) is 0 Å². The molecule has 4 rings (SSSR count). The highest BCUT2D eigenvalue weighted by Gasteiger charge is 2.23. The molecule has 1 amide bonds. The van der Waals surface area contributed by atoms with Crippen LogP contribution in [0.5, 0.6) is 5.75 Å². The molecular formula is C23H23N3O4. The number of amides is 1. The number of nitrogens with one attached hydrogen (secondary N) is 3. The molecule has 1 aliphatic rings. The Kier molecular flexibility index (Phi) is 5.52. The minimum atomic E-state index is -0.660. The second kappa shape index (κ2) is 8.41. The summed E-state index contributed by atoms with van der Waals surface area (Å²) in [7, 11) is 0. The number of benzene rings is 2. The molecule has 1 fully saturated rings. The van der Waals surface area contributed by atoms with Crippen LogP contribution in [0.4, 0.5) is 22.7 Å². The molecular weight excluding hydrogens is 382 g/mol. The van der Waals surface area contributed by atoms with Gasteiger partial charge in [0.05, 0.1) is 5.69 Å². The number of hydrogen-bond acceptors (Lipinski definition) is 6. The second-order valence-electron chi connectivity index (χ2n) is 7.56. The van der Waals surface area contributed by atoms with Crippen molar-refractivity contribution >= 4 is 28.7 Å². The summed E-state index contributed by atoms with van der Waals surface area (Å²) in [4.78, 5) is 36.4. The normalized spacial score (nSPS) is 14.4. The van der Waals surface area contributed by atoms with E-state index in [2.05, 4.69) is 16.0 Å². The fraction of sp³-hybridized carbons (Fsp3) is 0.261. The first-order valence-electron chi connectivity index (χ1n) is 10.1. The Morgan fingerprint density at radius 2 is 1.53 bits per heavy atom. The molecule has 1 aliphatic carbocycles. The van der Waals surface area contributed by atoms with Gasteiger partial charge in [-0.2, -0.15) is 0 Å². The summed E-state index contributed by atoms with van der Waals surface area (Å²) in [6.45, 7) is 0. The molecule has 0 aromatic heterocycles. The number of phenolic OH excluding ortho intramolecular Hbond substituents is 1. The lowest BCUT2D eigenvalue weighted by molar-refractivity contribution is 0.0927. The Morgan fingerprint density at radius 3 is 2.20 bits per heavy atom. The molecule has 0 radical (unpaired) electrons. The molecule has 0 saturated heterocycles. The standard InChI is InChI=1S/C23H23N3O4/c27-18-13-14(23(30)25-16-9-5-2-6-10-16)11-12-17(18)26-20-19(21(28)22(20)29)24-15-7-3-1-4-8-15/h1,3-4,7-8,11-13,16,24,26-27H,2,5-6,9-10H2,(H,25,30). The van der Waals surface area contributed by atoms with E-state index in [0.29, 0.717) is 11.3 Å². The van der Waals surface area contributed by atoms with Crippen LogP contribution in [0.15, 0.2) is 58.1 Å². The van der Waals surface area contributed by atoms with E-state index in [0.717, 1.165) is 25.7 Å². The minimum absolute atomic E-state index is 0.0820. The lowest BCUT2D eigenvalue weighted by atomic mass is 9.95. The van der Waals surface area contributed by atoms with Crippen molar-refractivity contribution in [1.82, 2.24) is 5.32 Å². The first-order valence-corrected chi connectivity index (χ1v) is 10.1. The number of carbonyl (C=O) groups excluding carboxylic acids is 1. The van der Waals surface area contributed by atoms with Crippen molar-refractivity contribution in [3.05, 3.63) is 74.5 Å². The summed E-state index contributed by atoms with van der Waals surface area (Å²) in [5.74, 6) is -0.408. The lowest BCUT2D eigenvalue weighted by Gasteiger charge is -2.23. The SMILES string of the molecule is O=C(NC1CCCCC1)c1ccc(Nc2c(Nc3ccccc3)c(=O)c2=O)c(O)c1. The van der Waals surface area contributed by atoms with E-state index in [1.165, 1.54) is 18.6 Å². The molecule has 30 heavy (non-hydrogen) atoms. The first-order chi connectivity index (χ1) is 14.5. The maximum atomic E-state index is 12.5. The zero-order valence-corrected chi connectivity index (χ0v) is 16.4. The largest absolute Gasteiger partial charge is 0.506 e. The van der Waals surface area contributed by atoms with E-state index in [-0.39, 0.29) is 34.8 Å². The number of aromatic hydroxyl groups is 1. The lowest BCUT2D eigenvalue weighted by Crippen LogP contribution is -2.36. The molecule has 3 aromatic rings. The predicted octanol–water partition coefficient (Wildman–Crippen LogP) is 3.54. The maximum absolute atomic E-state index is 12.5. The zero-order valence-electron chi connectivity index (χ0n) is 16.4. The molecule has 0 heterocycles. The summed E-state index contributed by atoms with van der Waals surface area (Å²) in [6.07, 6.45) is 5.37. The average Bonchev–Trinajstić information content (AvgIpc) is 2.78. The van der Waals surface area contributed by atoms with Gasteiger partial charge in [-0.3, -0.25) is 14.4 Å². The van der Waals surface area contributed by atoms with E-state index in [1.807, 2.05) is 18.2 Å². The first kappa shape index (κ1) is 19.7. The highest BCUT2D eigenvalue weighted by atomic mass is 16.3. The molecule has 0 atom stereocenters. The quantitative estimate of drug-likeness (QED) is 0.369. The van der Waals surface area contributed by atoms with E-state index in [9.17, 15) is 19.5 Å². The van der Waals surface area contributed by atoms with E-state index < -0.39 is 10.9 Å². The van der Waals surface area contributed by atoms with Gasteiger partial charge < -0.3 is 21.1 Å². The van der Waals surface area contributed by atoms with Crippen LogP contribution < -0.4 is 26.8 Å². The average molecular weight is 405 g/mol. The van der Waals surface area contributed by atoms with Crippen LogP contribution in [0, 0.1) is 0 Å². The zero-order chi connectivity index (χ0) is 21.1. The summed E-state index contributed by atoms with van der Waals surface area (Å²) >= 11 is 0. The van der Waals surface area contributed by atoms with Gasteiger partial charge in [0.1, 0.15) is 17.1 Å². The van der Waals surface area contributed by atoms with Crippen LogP contribution in [0.2, 0.25) is 0 Å². The summed E-state index contributed by atoms with van der Waals surface area (Å²) in [6, 6.07) is 13.6. The summed E-state index contributed by atoms with van der Waals surface area (Å²) in [5, 5.41) is 19.1. The number of rotatable bonds is 6. The molecule has 3 aromatic carbocycles. The van der Waals surface area contributed by atoms with Crippen molar-refractivity contribution in [1.29, 1.82) is 0 Å². The number of carbonyl (C=O) groups is 1. The molecule has 1 saturated carbocycles. The Balaban J connectivity index is 1.48. The number of para-hydroxylation sites is 1. The van der Waals surface area contributed by atoms with Crippen LogP contribution in [0.1, 0.15) is 42.5 Å². The number of phenols is 1. The predicted molar refractivity (Wildman–Crippen MR) is 117 cm³/mol. The van der Waals surface area contributed by atoms with Crippen LogP contribution in [-0.2, 0) is 0 Å². The van der Waals surface area contributed by atoms with Gasteiger partial charge in [0.15, 0.2) is 0 Å². The molecule has 0 spiro atoms. The molecule has 7 heteroatoms. The third kappa shape index (κ3) is 4.05. The van der Waals surface area contributed by atoms with Gasteiger partial charge in [-0.1, -0.05) is 37.5 Å². The molecule has 0 aliphatic heterocycles. The van der Waals surface area contributed by atoms with Crippen LogP contribution in [0.25, 0.3) is 0 Å². The number of hydrogen-bond donors (Lipinski definition) is 4. The van der Waals surface area contributed by atoms with Crippen molar-refractivity contribution in [3.8, 4) is 5.75 Å². The Hall–Kier alpha value is -3.61. The minimum Gasteiger partial charge on any atom is -0.506 e. The fourth-order valence-corrected chi connectivity index (χ4v) is 3.72. The summed E-state index contributed by atoms with van der Waals surface area (Å²) in [5.41, 5.74) is 0.204. The topological polar surface area (TPSA) is 108 Å². The van der Waals surface area contributed by atoms with E-state index >= 15 is 0 Å². The smallest absolute Gasteiger partial charge is 0.253 e. The highest BCUT2D eigenvalue weighted by molar-refractivity contribution is 5.96. The fourth-order valence-electron chi connectivity index (χ4n) is 3.72. The van der Waals surface area contributed by atoms with Crippen molar-refractivity contribution in [2.45, 2.75) is 38.1 Å². The van der Waals surface area contributed by atoms with Crippen molar-refractivity contribution in [2.24, 2.45) is 0 Å². The maximum Gasteiger partial charge on any atom is 0.253 e. The summed E-state index contributed by atoms with van der Waals surface area (Å²) < 4.78 is 0. The highest BCUT2D eigenvalue weighted by Crippen LogP contribution is 2.30. The Bertz CT molecular complexity index is 1130.